The Morgan fingerprint density at radius 1 is 1.41 bits per heavy atom. The van der Waals surface area contributed by atoms with Gasteiger partial charge in [0.1, 0.15) is 5.76 Å². The number of benzene rings is 1. The summed E-state index contributed by atoms with van der Waals surface area (Å²) in [5, 5.41) is 2.66. The molecule has 0 aliphatic carbocycles. The summed E-state index contributed by atoms with van der Waals surface area (Å²) in [5.74, 6) is -0.457. The van der Waals surface area contributed by atoms with Crippen molar-refractivity contribution < 1.29 is 18.7 Å². The summed E-state index contributed by atoms with van der Waals surface area (Å²) in [6.07, 6.45) is 1.52. The number of halogens is 1. The zero-order valence-electron chi connectivity index (χ0n) is 11.8. The van der Waals surface area contributed by atoms with Crippen LogP contribution in [-0.4, -0.2) is 18.5 Å². The molecule has 7 heteroatoms. The maximum Gasteiger partial charge on any atom is 0.340 e. The minimum atomic E-state index is -0.653. The number of nitrogens with two attached hydrogens (primary N) is 1. The Bertz CT molecular complexity index is 670. The number of amides is 1. The van der Waals surface area contributed by atoms with Crippen molar-refractivity contribution in [2.45, 2.75) is 13.0 Å². The standard InChI is InChI=1S/C15H15BrN2O4/c1-9(13-3-2-6-21-13)18-14(19)8-22-15(20)11-7-10(16)4-5-12(11)17/h2-7,9H,8,17H2,1H3,(H,18,19)/t9-/m1/s1. The largest absolute Gasteiger partial charge is 0.467 e. The van der Waals surface area contributed by atoms with Crippen molar-refractivity contribution in [2.75, 3.05) is 12.3 Å². The number of nitrogen functional groups attached to an aromatic ring is 1. The first-order valence-corrected chi connectivity index (χ1v) is 7.31. The molecule has 0 saturated carbocycles. The van der Waals surface area contributed by atoms with E-state index in [4.69, 9.17) is 14.9 Å². The van der Waals surface area contributed by atoms with Gasteiger partial charge in [-0.3, -0.25) is 4.79 Å². The molecule has 0 radical (unpaired) electrons. The molecule has 1 aromatic carbocycles. The van der Waals surface area contributed by atoms with Crippen molar-refractivity contribution in [3.8, 4) is 0 Å². The molecule has 0 aliphatic heterocycles. The Balaban J connectivity index is 1.88. The van der Waals surface area contributed by atoms with Gasteiger partial charge in [0.2, 0.25) is 0 Å². The Morgan fingerprint density at radius 2 is 2.18 bits per heavy atom. The molecule has 0 saturated heterocycles. The van der Waals surface area contributed by atoms with Gasteiger partial charge in [-0.25, -0.2) is 4.79 Å². The molecular weight excluding hydrogens is 352 g/mol. The Labute approximate surface area is 135 Å². The third-order valence-corrected chi connectivity index (χ3v) is 3.41. The van der Waals surface area contributed by atoms with Crippen LogP contribution in [0.25, 0.3) is 0 Å². The molecule has 0 unspecified atom stereocenters. The number of carbonyl (C=O) groups is 2. The molecule has 116 valence electrons. The Morgan fingerprint density at radius 3 is 2.86 bits per heavy atom. The lowest BCUT2D eigenvalue weighted by molar-refractivity contribution is -0.125. The van der Waals surface area contributed by atoms with Crippen LogP contribution < -0.4 is 11.1 Å². The van der Waals surface area contributed by atoms with Crippen molar-refractivity contribution >= 4 is 33.5 Å². The lowest BCUT2D eigenvalue weighted by Crippen LogP contribution is -2.31. The second-order valence-electron chi connectivity index (χ2n) is 4.61. The lowest BCUT2D eigenvalue weighted by atomic mass is 10.2. The average Bonchev–Trinajstić information content (AvgIpc) is 3.01. The summed E-state index contributed by atoms with van der Waals surface area (Å²) in [5.41, 5.74) is 6.21. The minimum Gasteiger partial charge on any atom is -0.467 e. The van der Waals surface area contributed by atoms with E-state index in [9.17, 15) is 9.59 Å². The fourth-order valence-corrected chi connectivity index (χ4v) is 2.17. The molecule has 1 aromatic heterocycles. The fraction of sp³-hybridized carbons (Fsp3) is 0.200. The molecule has 0 aliphatic rings. The van der Waals surface area contributed by atoms with Crippen molar-refractivity contribution in [1.82, 2.24) is 5.32 Å². The highest BCUT2D eigenvalue weighted by molar-refractivity contribution is 9.10. The zero-order chi connectivity index (χ0) is 16.1. The maximum absolute atomic E-state index is 11.9. The number of hydrogen-bond acceptors (Lipinski definition) is 5. The molecule has 0 spiro atoms. The third kappa shape index (κ3) is 4.11. The highest BCUT2D eigenvalue weighted by Crippen LogP contribution is 2.19. The van der Waals surface area contributed by atoms with Crippen molar-refractivity contribution in [3.63, 3.8) is 0 Å². The van der Waals surface area contributed by atoms with Crippen LogP contribution in [0, 0.1) is 0 Å². The van der Waals surface area contributed by atoms with E-state index in [-0.39, 0.29) is 17.3 Å². The minimum absolute atomic E-state index is 0.209. The van der Waals surface area contributed by atoms with Gasteiger partial charge in [0, 0.05) is 10.2 Å². The molecule has 6 nitrogen and oxygen atoms in total. The highest BCUT2D eigenvalue weighted by atomic mass is 79.9. The van der Waals surface area contributed by atoms with Crippen LogP contribution in [0.2, 0.25) is 0 Å². The van der Waals surface area contributed by atoms with Crippen LogP contribution in [0.3, 0.4) is 0 Å². The second-order valence-corrected chi connectivity index (χ2v) is 5.53. The number of ether oxygens (including phenoxy) is 1. The number of nitrogens with one attached hydrogen (secondary N) is 1. The first-order chi connectivity index (χ1) is 10.5. The van der Waals surface area contributed by atoms with Crippen molar-refractivity contribution in [3.05, 3.63) is 52.4 Å². The average molecular weight is 367 g/mol. The van der Waals surface area contributed by atoms with Crippen LogP contribution in [-0.2, 0) is 9.53 Å². The summed E-state index contributed by atoms with van der Waals surface area (Å²) in [6.45, 7) is 1.38. The number of carbonyl (C=O) groups excluding carboxylic acids is 2. The first kappa shape index (κ1) is 16.1. The van der Waals surface area contributed by atoms with E-state index in [0.717, 1.165) is 0 Å². The van der Waals surface area contributed by atoms with Gasteiger partial charge >= 0.3 is 5.97 Å². The number of hydrogen-bond donors (Lipinski definition) is 2. The molecule has 1 amide bonds. The van der Waals surface area contributed by atoms with Gasteiger partial charge in [0.25, 0.3) is 5.91 Å². The van der Waals surface area contributed by atoms with E-state index in [1.54, 1.807) is 37.3 Å². The highest BCUT2D eigenvalue weighted by Gasteiger charge is 2.16. The zero-order valence-corrected chi connectivity index (χ0v) is 13.4. The van der Waals surface area contributed by atoms with E-state index in [0.29, 0.717) is 10.2 Å². The summed E-state index contributed by atoms with van der Waals surface area (Å²) < 4.78 is 10.8. The Hall–Kier alpha value is -2.28. The SMILES string of the molecule is C[C@@H](NC(=O)COC(=O)c1cc(Br)ccc1N)c1ccco1. The van der Waals surface area contributed by atoms with Crippen LogP contribution in [0.5, 0.6) is 0 Å². The number of esters is 1. The monoisotopic (exact) mass is 366 g/mol. The smallest absolute Gasteiger partial charge is 0.340 e. The van der Waals surface area contributed by atoms with E-state index >= 15 is 0 Å². The van der Waals surface area contributed by atoms with Gasteiger partial charge in [0.15, 0.2) is 6.61 Å². The molecule has 1 heterocycles. The van der Waals surface area contributed by atoms with Crippen LogP contribution in [0.1, 0.15) is 29.1 Å². The Kier molecular flexibility index (Phi) is 5.21. The first-order valence-electron chi connectivity index (χ1n) is 6.52. The number of rotatable bonds is 5. The number of furan rings is 1. The summed E-state index contributed by atoms with van der Waals surface area (Å²) in [7, 11) is 0. The van der Waals surface area contributed by atoms with E-state index < -0.39 is 18.5 Å². The van der Waals surface area contributed by atoms with Gasteiger partial charge < -0.3 is 20.2 Å². The number of anilines is 1. The van der Waals surface area contributed by atoms with Crippen LogP contribution in [0.15, 0.2) is 45.5 Å². The maximum atomic E-state index is 11.9. The predicted octanol–water partition coefficient (Wildman–Crippen LogP) is 2.66. The topological polar surface area (TPSA) is 94.6 Å². The van der Waals surface area contributed by atoms with E-state index in [1.807, 2.05) is 0 Å². The second kappa shape index (κ2) is 7.13. The molecule has 0 fully saturated rings. The van der Waals surface area contributed by atoms with Gasteiger partial charge in [-0.15, -0.1) is 0 Å². The summed E-state index contributed by atoms with van der Waals surface area (Å²) in [6, 6.07) is 8.01. The third-order valence-electron chi connectivity index (χ3n) is 2.92. The molecule has 3 N–H and O–H groups in total. The van der Waals surface area contributed by atoms with Gasteiger partial charge in [-0.1, -0.05) is 15.9 Å². The molecule has 1 atom stereocenters. The molecule has 0 bridgehead atoms. The van der Waals surface area contributed by atoms with Crippen molar-refractivity contribution in [2.24, 2.45) is 0 Å². The van der Waals surface area contributed by atoms with Crippen molar-refractivity contribution in [1.29, 1.82) is 0 Å². The van der Waals surface area contributed by atoms with E-state index in [2.05, 4.69) is 21.2 Å². The molecule has 22 heavy (non-hydrogen) atoms. The molecule has 2 rings (SSSR count). The summed E-state index contributed by atoms with van der Waals surface area (Å²) in [4.78, 5) is 23.7. The molecule has 2 aromatic rings. The van der Waals surface area contributed by atoms with Gasteiger partial charge in [0.05, 0.1) is 17.9 Å². The normalized spacial score (nSPS) is 11.7. The quantitative estimate of drug-likeness (QED) is 0.626. The van der Waals surface area contributed by atoms with E-state index in [1.165, 1.54) is 6.26 Å². The lowest BCUT2D eigenvalue weighted by Gasteiger charge is -2.12. The molecular formula is C15H15BrN2O4. The van der Waals surface area contributed by atoms with Crippen LogP contribution in [0.4, 0.5) is 5.69 Å². The summed E-state index contributed by atoms with van der Waals surface area (Å²) >= 11 is 3.25. The fourth-order valence-electron chi connectivity index (χ4n) is 1.81. The van der Waals surface area contributed by atoms with Gasteiger partial charge in [-0.05, 0) is 37.3 Å². The van der Waals surface area contributed by atoms with Gasteiger partial charge in [-0.2, -0.15) is 0 Å². The van der Waals surface area contributed by atoms with Crippen LogP contribution >= 0.6 is 15.9 Å². The predicted molar refractivity (Wildman–Crippen MR) is 84.1 cm³/mol.